The maximum Gasteiger partial charge on any atom is 0.185 e. The van der Waals surface area contributed by atoms with Gasteiger partial charge >= 0.3 is 0 Å². The van der Waals surface area contributed by atoms with Crippen LogP contribution in [-0.2, 0) is 0 Å². The highest BCUT2D eigenvalue weighted by atomic mass is 35.5. The number of fused-ring (bicyclic) bond motifs is 1. The number of hydrogen-bond donors (Lipinski definition) is 0. The van der Waals surface area contributed by atoms with Crippen LogP contribution in [0.4, 0.5) is 4.39 Å². The quantitative estimate of drug-likeness (QED) is 0.654. The van der Waals surface area contributed by atoms with Gasteiger partial charge in [-0.15, -0.1) is 0 Å². The van der Waals surface area contributed by atoms with Crippen molar-refractivity contribution < 1.29 is 8.91 Å². The number of aromatic nitrogens is 1. The van der Waals surface area contributed by atoms with Crippen molar-refractivity contribution in [1.29, 1.82) is 0 Å². The number of rotatable bonds is 0. The molecule has 0 aliphatic carbocycles. The van der Waals surface area contributed by atoms with E-state index < -0.39 is 0 Å². The van der Waals surface area contributed by atoms with Gasteiger partial charge in [-0.05, 0) is 19.1 Å². The number of benzene rings is 1. The van der Waals surface area contributed by atoms with Crippen molar-refractivity contribution in [2.75, 3.05) is 0 Å². The summed E-state index contributed by atoms with van der Waals surface area (Å²) >= 11 is 5.70. The van der Waals surface area contributed by atoms with Gasteiger partial charge in [-0.2, -0.15) is 0 Å². The Balaban J connectivity index is 0.000000509. The highest BCUT2D eigenvalue weighted by molar-refractivity contribution is 6.34. The molecule has 4 heteroatoms. The molecule has 1 aromatic carbocycles. The SMILES string of the molecule is CC.CC.Cc1noc2c(Cl)cc(F)cc12. The topological polar surface area (TPSA) is 26.0 Å². The summed E-state index contributed by atoms with van der Waals surface area (Å²) in [5.41, 5.74) is 1.09. The molecule has 0 atom stereocenters. The molecule has 0 fully saturated rings. The number of aryl methyl sites for hydroxylation is 1. The molecule has 90 valence electrons. The van der Waals surface area contributed by atoms with Gasteiger partial charge in [-0.25, -0.2) is 4.39 Å². The van der Waals surface area contributed by atoms with Gasteiger partial charge in [0.2, 0.25) is 0 Å². The summed E-state index contributed by atoms with van der Waals surface area (Å²) < 4.78 is 17.7. The lowest BCUT2D eigenvalue weighted by atomic mass is 10.2. The largest absolute Gasteiger partial charge is 0.354 e. The van der Waals surface area contributed by atoms with Crippen molar-refractivity contribution in [2.24, 2.45) is 0 Å². The monoisotopic (exact) mass is 245 g/mol. The Hall–Kier alpha value is -1.09. The predicted octanol–water partition coefficient (Wildman–Crippen LogP) is 4.98. The zero-order chi connectivity index (χ0) is 12.7. The van der Waals surface area contributed by atoms with Crippen LogP contribution in [0, 0.1) is 12.7 Å². The maximum atomic E-state index is 12.8. The minimum absolute atomic E-state index is 0.255. The van der Waals surface area contributed by atoms with Crippen LogP contribution in [0.5, 0.6) is 0 Å². The normalized spacial score (nSPS) is 8.94. The summed E-state index contributed by atoms with van der Waals surface area (Å²) in [6, 6.07) is 2.56. The molecule has 2 rings (SSSR count). The Morgan fingerprint density at radius 3 is 2.31 bits per heavy atom. The molecule has 0 spiro atoms. The lowest BCUT2D eigenvalue weighted by molar-refractivity contribution is 0.450. The summed E-state index contributed by atoms with van der Waals surface area (Å²) in [4.78, 5) is 0. The minimum atomic E-state index is -0.376. The molecule has 0 N–H and O–H groups in total. The highest BCUT2D eigenvalue weighted by Crippen LogP contribution is 2.26. The molecule has 1 aromatic heterocycles. The Bertz CT molecular complexity index is 440. The van der Waals surface area contributed by atoms with Crippen molar-refractivity contribution >= 4 is 22.6 Å². The van der Waals surface area contributed by atoms with E-state index in [9.17, 15) is 4.39 Å². The van der Waals surface area contributed by atoms with Crippen LogP contribution in [0.25, 0.3) is 11.0 Å². The van der Waals surface area contributed by atoms with Gasteiger partial charge in [0.25, 0.3) is 0 Å². The third-order valence-corrected chi connectivity index (χ3v) is 1.95. The molecule has 0 saturated heterocycles. The van der Waals surface area contributed by atoms with Crippen LogP contribution >= 0.6 is 11.6 Å². The lowest BCUT2D eigenvalue weighted by Crippen LogP contribution is -1.75. The van der Waals surface area contributed by atoms with Gasteiger partial charge < -0.3 is 4.52 Å². The lowest BCUT2D eigenvalue weighted by Gasteiger charge is -1.91. The second-order valence-electron chi connectivity index (χ2n) is 2.53. The zero-order valence-electron chi connectivity index (χ0n) is 10.3. The van der Waals surface area contributed by atoms with E-state index in [1.807, 2.05) is 27.7 Å². The second kappa shape index (κ2) is 7.23. The number of nitrogens with zero attached hydrogens (tertiary/aromatic N) is 1. The van der Waals surface area contributed by atoms with Gasteiger partial charge in [0.1, 0.15) is 5.82 Å². The van der Waals surface area contributed by atoms with Crippen LogP contribution in [-0.4, -0.2) is 5.16 Å². The summed E-state index contributed by atoms with van der Waals surface area (Å²) in [6.07, 6.45) is 0. The van der Waals surface area contributed by atoms with Crippen molar-refractivity contribution in [3.63, 3.8) is 0 Å². The molecule has 0 aliphatic heterocycles. The first kappa shape index (κ1) is 14.9. The second-order valence-corrected chi connectivity index (χ2v) is 2.94. The molecule has 0 saturated carbocycles. The van der Waals surface area contributed by atoms with E-state index in [0.29, 0.717) is 16.7 Å². The Labute approximate surface area is 100 Å². The average molecular weight is 246 g/mol. The molecule has 0 aliphatic rings. The fourth-order valence-corrected chi connectivity index (χ4v) is 1.33. The predicted molar refractivity (Wildman–Crippen MR) is 66.4 cm³/mol. The molecular formula is C12H17ClFNO. The molecular weight excluding hydrogens is 229 g/mol. The highest BCUT2D eigenvalue weighted by Gasteiger charge is 2.09. The van der Waals surface area contributed by atoms with E-state index in [1.54, 1.807) is 6.92 Å². The Kier molecular flexibility index (Phi) is 6.74. The number of hydrogen-bond acceptors (Lipinski definition) is 2. The molecule has 0 unspecified atom stereocenters. The molecule has 1 heterocycles. The fourth-order valence-electron chi connectivity index (χ4n) is 1.09. The van der Waals surface area contributed by atoms with E-state index in [2.05, 4.69) is 5.16 Å². The van der Waals surface area contributed by atoms with Crippen LogP contribution in [0.1, 0.15) is 33.4 Å². The first-order valence-electron chi connectivity index (χ1n) is 5.39. The molecule has 16 heavy (non-hydrogen) atoms. The van der Waals surface area contributed by atoms with E-state index in [0.717, 1.165) is 0 Å². The van der Waals surface area contributed by atoms with Crippen LogP contribution in [0.15, 0.2) is 16.7 Å². The smallest absolute Gasteiger partial charge is 0.185 e. The summed E-state index contributed by atoms with van der Waals surface area (Å²) in [5, 5.41) is 4.55. The molecule has 0 radical (unpaired) electrons. The van der Waals surface area contributed by atoms with Crippen LogP contribution < -0.4 is 0 Å². The van der Waals surface area contributed by atoms with Gasteiger partial charge in [0.15, 0.2) is 5.58 Å². The van der Waals surface area contributed by atoms with Crippen molar-refractivity contribution in [3.8, 4) is 0 Å². The average Bonchev–Trinajstić information content (AvgIpc) is 2.67. The van der Waals surface area contributed by atoms with Crippen molar-refractivity contribution in [3.05, 3.63) is 28.7 Å². The Morgan fingerprint density at radius 1 is 1.19 bits per heavy atom. The number of halogens is 2. The van der Waals surface area contributed by atoms with Crippen LogP contribution in [0.3, 0.4) is 0 Å². The van der Waals surface area contributed by atoms with E-state index >= 15 is 0 Å². The molecule has 0 amide bonds. The zero-order valence-corrected chi connectivity index (χ0v) is 11.0. The Morgan fingerprint density at radius 2 is 1.75 bits per heavy atom. The summed E-state index contributed by atoms with van der Waals surface area (Å²) in [6.45, 7) is 9.74. The van der Waals surface area contributed by atoms with Gasteiger partial charge in [-0.1, -0.05) is 44.5 Å². The van der Waals surface area contributed by atoms with Crippen LogP contribution in [0.2, 0.25) is 5.02 Å². The van der Waals surface area contributed by atoms with Gasteiger partial charge in [0, 0.05) is 5.39 Å². The molecule has 2 nitrogen and oxygen atoms in total. The minimum Gasteiger partial charge on any atom is -0.354 e. The van der Waals surface area contributed by atoms with Crippen molar-refractivity contribution in [2.45, 2.75) is 34.6 Å². The third kappa shape index (κ3) is 3.20. The summed E-state index contributed by atoms with van der Waals surface area (Å²) in [5.74, 6) is -0.376. The third-order valence-electron chi connectivity index (χ3n) is 1.67. The first-order chi connectivity index (χ1) is 7.68. The van der Waals surface area contributed by atoms with Gasteiger partial charge in [0.05, 0.1) is 10.7 Å². The van der Waals surface area contributed by atoms with E-state index in [4.69, 9.17) is 16.1 Å². The molecule has 2 aromatic rings. The van der Waals surface area contributed by atoms with Crippen molar-refractivity contribution in [1.82, 2.24) is 5.16 Å². The fraction of sp³-hybridized carbons (Fsp3) is 0.417. The maximum absolute atomic E-state index is 12.8. The summed E-state index contributed by atoms with van der Waals surface area (Å²) in [7, 11) is 0. The van der Waals surface area contributed by atoms with E-state index in [1.165, 1.54) is 12.1 Å². The van der Waals surface area contributed by atoms with Gasteiger partial charge in [-0.3, -0.25) is 0 Å². The standard InChI is InChI=1S/C8H5ClFNO.2C2H6/c1-4-6-2-5(10)3-7(9)8(6)12-11-4;2*1-2/h2-3H,1H3;2*1-2H3. The van der Waals surface area contributed by atoms with E-state index in [-0.39, 0.29) is 10.8 Å². The first-order valence-corrected chi connectivity index (χ1v) is 5.77. The molecule has 0 bridgehead atoms.